The zero-order chi connectivity index (χ0) is 27.3. The van der Waals surface area contributed by atoms with Crippen LogP contribution in [0, 0.1) is 11.7 Å². The third-order valence-electron chi connectivity index (χ3n) is 8.16. The van der Waals surface area contributed by atoms with E-state index in [1.165, 1.54) is 19.2 Å². The summed E-state index contributed by atoms with van der Waals surface area (Å²) in [6.45, 7) is 0.328. The molecular formula is C25H29F4N5O4. The van der Waals surface area contributed by atoms with Gasteiger partial charge in [-0.25, -0.2) is 9.37 Å². The fraction of sp³-hybridized carbons (Fsp3) is 0.600. The number of alkyl halides is 3. The van der Waals surface area contributed by atoms with Gasteiger partial charge in [-0.15, -0.1) is 0 Å². The number of likely N-dealkylation sites (tertiary alicyclic amines) is 1. The molecule has 1 aliphatic heterocycles. The third kappa shape index (κ3) is 4.83. The first kappa shape index (κ1) is 26.4. The number of aliphatic hydroxyl groups is 1. The van der Waals surface area contributed by atoms with Gasteiger partial charge in [0.2, 0.25) is 11.8 Å². The minimum atomic E-state index is -4.69. The lowest BCUT2D eigenvalue weighted by molar-refractivity contribution is -0.270. The van der Waals surface area contributed by atoms with Crippen molar-refractivity contribution in [3.63, 3.8) is 0 Å². The minimum Gasteiger partial charge on any atom is -0.481 e. The lowest BCUT2D eigenvalue weighted by atomic mass is 9.81. The van der Waals surface area contributed by atoms with E-state index in [0.29, 0.717) is 25.1 Å². The number of nitrogens with one attached hydrogen (secondary N) is 2. The highest BCUT2D eigenvalue weighted by molar-refractivity contribution is 5.94. The Bertz CT molecular complexity index is 1220. The molecule has 3 N–H and O–H groups in total. The fourth-order valence-corrected chi connectivity index (χ4v) is 5.64. The van der Waals surface area contributed by atoms with E-state index < -0.39 is 42.0 Å². The van der Waals surface area contributed by atoms with Gasteiger partial charge in [-0.05, 0) is 57.4 Å². The molecule has 38 heavy (non-hydrogen) atoms. The van der Waals surface area contributed by atoms with E-state index >= 15 is 0 Å². The Labute approximate surface area is 215 Å². The molecule has 3 heterocycles. The van der Waals surface area contributed by atoms with Gasteiger partial charge in [0.25, 0.3) is 5.91 Å². The molecule has 2 aliphatic carbocycles. The van der Waals surface area contributed by atoms with Crippen LogP contribution in [0.4, 0.5) is 17.6 Å². The molecule has 0 unspecified atom stereocenters. The number of H-pyrrole nitrogens is 1. The van der Waals surface area contributed by atoms with Gasteiger partial charge in [-0.2, -0.15) is 18.3 Å². The Hall–Kier alpha value is -3.22. The molecule has 3 aliphatic rings. The number of methoxy groups -OCH3 is 1. The van der Waals surface area contributed by atoms with Gasteiger partial charge in [0, 0.05) is 35.7 Å². The number of rotatable bonds is 5. The zero-order valence-corrected chi connectivity index (χ0v) is 20.8. The Morgan fingerprint density at radius 1 is 1.18 bits per heavy atom. The highest BCUT2D eigenvalue weighted by atomic mass is 19.4. The van der Waals surface area contributed by atoms with Crippen LogP contribution in [-0.4, -0.2) is 74.0 Å². The van der Waals surface area contributed by atoms with Crippen molar-refractivity contribution in [3.8, 4) is 17.1 Å². The van der Waals surface area contributed by atoms with Crippen molar-refractivity contribution in [1.29, 1.82) is 0 Å². The average Bonchev–Trinajstić information content (AvgIpc) is 3.46. The normalized spacial score (nSPS) is 26.7. The predicted molar refractivity (Wildman–Crippen MR) is 125 cm³/mol. The number of aromatic nitrogens is 3. The van der Waals surface area contributed by atoms with E-state index in [9.17, 15) is 32.3 Å². The first-order valence-electron chi connectivity index (χ1n) is 12.6. The number of halogens is 4. The summed E-state index contributed by atoms with van der Waals surface area (Å²) in [5, 5.41) is 19.5. The quantitative estimate of drug-likeness (QED) is 0.502. The van der Waals surface area contributed by atoms with Crippen LogP contribution in [0.15, 0.2) is 18.3 Å². The molecule has 1 atom stereocenters. The molecular weight excluding hydrogens is 510 g/mol. The van der Waals surface area contributed by atoms with Gasteiger partial charge >= 0.3 is 6.18 Å². The summed E-state index contributed by atoms with van der Waals surface area (Å²) in [6, 6.07) is 2.45. The Morgan fingerprint density at radius 3 is 2.53 bits per heavy atom. The first-order valence-corrected chi connectivity index (χ1v) is 12.6. The number of pyridine rings is 1. The highest BCUT2D eigenvalue weighted by Crippen LogP contribution is 2.50. The number of carbonyl (C=O) groups is 2. The van der Waals surface area contributed by atoms with Crippen molar-refractivity contribution >= 4 is 11.8 Å². The molecule has 0 radical (unpaired) electrons. The third-order valence-corrected chi connectivity index (χ3v) is 8.16. The number of carbonyl (C=O) groups excluding carboxylic acids is 2. The van der Waals surface area contributed by atoms with Crippen LogP contribution < -0.4 is 10.1 Å². The minimum absolute atomic E-state index is 0.0513. The van der Waals surface area contributed by atoms with Crippen LogP contribution in [0.25, 0.3) is 11.3 Å². The standard InChI is InChI=1S/C25H29F4N5O4/c1-38-20-10-16(17(26)13-30-20)18-11-19(33-32-18)22(36)34-9-4-14(12-23(34)7-8-23)21(35)31-15-2-5-24(37,6-3-15)25(27,28)29/h10-11,13-15,37H,2-9,12H2,1H3,(H,31,35)(H,32,33)/t14-,15-,24+/m0/s1. The molecule has 1 spiro atoms. The number of ether oxygens (including phenoxy) is 1. The fourth-order valence-electron chi connectivity index (χ4n) is 5.64. The lowest BCUT2D eigenvalue weighted by Gasteiger charge is -2.41. The SMILES string of the molecule is COc1cc(-c2cc(C(=O)N3CC[C@H](C(=O)N[C@H]4CC[C@](O)(C(F)(F)F)CC4)CC34CC4)n[nH]2)c(F)cn1. The Balaban J connectivity index is 1.20. The Kier molecular flexibility index (Phi) is 6.60. The van der Waals surface area contributed by atoms with Crippen molar-refractivity contribution < 1.29 is 37.0 Å². The number of hydrogen-bond acceptors (Lipinski definition) is 6. The van der Waals surface area contributed by atoms with Gasteiger partial charge in [-0.3, -0.25) is 14.7 Å². The second-order valence-electron chi connectivity index (χ2n) is 10.6. The molecule has 2 aromatic heterocycles. The molecule has 2 aromatic rings. The van der Waals surface area contributed by atoms with E-state index in [0.717, 1.165) is 19.0 Å². The smallest absolute Gasteiger partial charge is 0.417 e. The van der Waals surface area contributed by atoms with Crippen LogP contribution in [0.2, 0.25) is 0 Å². The van der Waals surface area contributed by atoms with E-state index in [2.05, 4.69) is 20.5 Å². The summed E-state index contributed by atoms with van der Waals surface area (Å²) < 4.78 is 58.5. The van der Waals surface area contributed by atoms with Gasteiger partial charge in [0.1, 0.15) is 0 Å². The van der Waals surface area contributed by atoms with Crippen molar-refractivity contribution in [3.05, 3.63) is 29.8 Å². The molecule has 0 bridgehead atoms. The summed E-state index contributed by atoms with van der Waals surface area (Å²) in [6.07, 6.45) is -2.12. The van der Waals surface area contributed by atoms with Gasteiger partial charge in [0.15, 0.2) is 17.1 Å². The van der Waals surface area contributed by atoms with E-state index in [1.807, 2.05) is 0 Å². The predicted octanol–water partition coefficient (Wildman–Crippen LogP) is 3.36. The summed E-state index contributed by atoms with van der Waals surface area (Å²) >= 11 is 0. The maximum atomic E-state index is 14.3. The molecule has 2 amide bonds. The van der Waals surface area contributed by atoms with Gasteiger partial charge in [-0.1, -0.05) is 0 Å². The van der Waals surface area contributed by atoms with Crippen LogP contribution >= 0.6 is 0 Å². The molecule has 206 valence electrons. The molecule has 0 aromatic carbocycles. The maximum Gasteiger partial charge on any atom is 0.417 e. The van der Waals surface area contributed by atoms with E-state index in [1.54, 1.807) is 4.90 Å². The van der Waals surface area contributed by atoms with Crippen molar-refractivity contribution in [2.24, 2.45) is 5.92 Å². The number of amides is 2. The molecule has 13 heteroatoms. The number of aromatic amines is 1. The maximum absolute atomic E-state index is 14.3. The molecule has 9 nitrogen and oxygen atoms in total. The molecule has 3 fully saturated rings. The molecule has 5 rings (SSSR count). The Morgan fingerprint density at radius 2 is 1.89 bits per heavy atom. The van der Waals surface area contributed by atoms with Crippen molar-refractivity contribution in [2.75, 3.05) is 13.7 Å². The van der Waals surface area contributed by atoms with Crippen LogP contribution in [0.5, 0.6) is 5.88 Å². The summed E-state index contributed by atoms with van der Waals surface area (Å²) in [7, 11) is 1.41. The monoisotopic (exact) mass is 539 g/mol. The van der Waals surface area contributed by atoms with Gasteiger partial charge < -0.3 is 20.1 Å². The number of nitrogens with zero attached hydrogens (tertiary/aromatic N) is 3. The van der Waals surface area contributed by atoms with Crippen molar-refractivity contribution in [2.45, 2.75) is 74.7 Å². The molecule has 2 saturated carbocycles. The van der Waals surface area contributed by atoms with Crippen LogP contribution in [0.1, 0.15) is 61.9 Å². The van der Waals surface area contributed by atoms with E-state index in [4.69, 9.17) is 4.74 Å². The van der Waals surface area contributed by atoms with Crippen LogP contribution in [0.3, 0.4) is 0 Å². The summed E-state index contributed by atoms with van der Waals surface area (Å²) in [5.74, 6) is -1.29. The summed E-state index contributed by atoms with van der Waals surface area (Å²) in [4.78, 5) is 31.8. The average molecular weight is 540 g/mol. The second-order valence-corrected chi connectivity index (χ2v) is 10.6. The van der Waals surface area contributed by atoms with E-state index in [-0.39, 0.29) is 47.7 Å². The number of hydrogen-bond donors (Lipinski definition) is 3. The first-order chi connectivity index (χ1) is 17.9. The van der Waals surface area contributed by atoms with Crippen molar-refractivity contribution in [1.82, 2.24) is 25.4 Å². The topological polar surface area (TPSA) is 120 Å². The highest BCUT2D eigenvalue weighted by Gasteiger charge is 2.56. The van der Waals surface area contributed by atoms with Gasteiger partial charge in [0.05, 0.1) is 19.0 Å². The number of piperidine rings is 1. The lowest BCUT2D eigenvalue weighted by Crippen LogP contribution is -2.54. The zero-order valence-electron chi connectivity index (χ0n) is 20.8. The van der Waals surface area contributed by atoms with Crippen LogP contribution in [-0.2, 0) is 4.79 Å². The summed E-state index contributed by atoms with van der Waals surface area (Å²) in [5.41, 5.74) is -2.57. The second kappa shape index (κ2) is 9.51. The largest absolute Gasteiger partial charge is 0.481 e. The molecule has 1 saturated heterocycles.